The zero-order chi connectivity index (χ0) is 69.6. The Hall–Kier alpha value is -6.25. The molecule has 0 saturated heterocycles. The van der Waals surface area contributed by atoms with Gasteiger partial charge in [-0.05, 0) is 192 Å². The van der Waals surface area contributed by atoms with E-state index in [1.54, 1.807) is 0 Å². The lowest BCUT2D eigenvalue weighted by molar-refractivity contribution is 0.845. The fraction of sp³-hybridized carbons (Fsp3) is 0.400. The molecule has 0 aliphatic carbocycles. The summed E-state index contributed by atoms with van der Waals surface area (Å²) in [6.07, 6.45) is 0. The zero-order valence-electron chi connectivity index (χ0n) is 62.3. The molecule has 0 atom stereocenters. The number of hydrogen-bond acceptors (Lipinski definition) is 0. The van der Waals surface area contributed by atoms with Gasteiger partial charge in [0.2, 0.25) is 0 Å². The molecule has 0 aromatic heterocycles. The van der Waals surface area contributed by atoms with Crippen LogP contribution in [0.1, 0.15) is 287 Å². The predicted molar refractivity (Wildman–Crippen MR) is 420 cm³/mol. The van der Waals surface area contributed by atoms with Crippen molar-refractivity contribution >= 4 is 27.5 Å². The molecule has 0 heterocycles. The van der Waals surface area contributed by atoms with Crippen molar-refractivity contribution in [3.8, 4) is 0 Å². The van der Waals surface area contributed by atoms with Gasteiger partial charge in [-0.2, -0.15) is 0 Å². The molecule has 0 radical (unpaired) electrons. The smallest absolute Gasteiger partial charge is 0.0408 e. The van der Waals surface area contributed by atoms with Gasteiger partial charge in [0.05, 0.1) is 0 Å². The summed E-state index contributed by atoms with van der Waals surface area (Å²) >= 11 is 9.22. The molecule has 0 amide bonds. The lowest BCUT2D eigenvalue weighted by atomic mass is 9.97. The van der Waals surface area contributed by atoms with E-state index in [-0.39, 0.29) is 0 Å². The summed E-state index contributed by atoms with van der Waals surface area (Å²) in [5, 5.41) is 0.825. The Morgan fingerprint density at radius 1 is 0.207 bits per heavy atom. The molecule has 2 heteroatoms. The van der Waals surface area contributed by atoms with E-state index in [0.29, 0.717) is 59.2 Å². The maximum atomic E-state index is 5.79. The number of aryl methyl sites for hydroxylation is 6. The van der Waals surface area contributed by atoms with Gasteiger partial charge in [0.25, 0.3) is 0 Å². The predicted octanol–water partition coefficient (Wildman–Crippen LogP) is 29.7. The van der Waals surface area contributed by atoms with Crippen LogP contribution in [0.4, 0.5) is 0 Å². The summed E-state index contributed by atoms with van der Waals surface area (Å²) in [6, 6.07) is 77.4. The maximum Gasteiger partial charge on any atom is 0.0408 e. The Balaban J connectivity index is 0.000000518. The summed E-state index contributed by atoms with van der Waals surface area (Å²) in [5.41, 5.74) is 22.2. The van der Waals surface area contributed by atoms with Gasteiger partial charge in [-0.1, -0.05) is 382 Å². The van der Waals surface area contributed by atoms with Crippen molar-refractivity contribution in [2.24, 2.45) is 0 Å². The molecule has 0 nitrogen and oxygen atoms in total. The third-order valence-corrected chi connectivity index (χ3v) is 16.7. The van der Waals surface area contributed by atoms with Gasteiger partial charge in [0.15, 0.2) is 0 Å². The van der Waals surface area contributed by atoms with Crippen LogP contribution in [0.25, 0.3) is 0 Å². The van der Waals surface area contributed by atoms with Crippen LogP contribution in [0, 0.1) is 41.5 Å². The van der Waals surface area contributed by atoms with Gasteiger partial charge in [-0.25, -0.2) is 0 Å². The van der Waals surface area contributed by atoms with Gasteiger partial charge in [0.1, 0.15) is 0 Å². The van der Waals surface area contributed by atoms with Crippen LogP contribution in [0.2, 0.25) is 5.02 Å². The van der Waals surface area contributed by atoms with Crippen LogP contribution >= 0.6 is 27.5 Å². The third kappa shape index (κ3) is 36.9. The second kappa shape index (κ2) is 45.9. The van der Waals surface area contributed by atoms with Crippen molar-refractivity contribution in [3.63, 3.8) is 0 Å². The summed E-state index contributed by atoms with van der Waals surface area (Å²) in [5.74, 6) is 6.40. The van der Waals surface area contributed by atoms with Crippen molar-refractivity contribution in [1.29, 1.82) is 0 Å². The molecule has 0 saturated carbocycles. The van der Waals surface area contributed by atoms with E-state index in [4.69, 9.17) is 11.6 Å². The van der Waals surface area contributed by atoms with Gasteiger partial charge in [-0.3, -0.25) is 0 Å². The Bertz CT molecular complexity index is 3010. The number of rotatable bonds is 10. The average molecular weight is 1320 g/mol. The maximum absolute atomic E-state index is 5.79. The zero-order valence-corrected chi connectivity index (χ0v) is 64.7. The van der Waals surface area contributed by atoms with Gasteiger partial charge < -0.3 is 0 Å². The summed E-state index contributed by atoms with van der Waals surface area (Å²) in [7, 11) is 0. The van der Waals surface area contributed by atoms with Crippen molar-refractivity contribution in [1.82, 2.24) is 0 Å². The summed E-state index contributed by atoms with van der Waals surface area (Å²) in [6.45, 7) is 57.0. The van der Waals surface area contributed by atoms with E-state index in [1.165, 1.54) is 93.5 Å². The highest BCUT2D eigenvalue weighted by atomic mass is 79.9. The molecule has 0 bridgehead atoms. The van der Waals surface area contributed by atoms with Crippen molar-refractivity contribution in [2.45, 2.75) is 239 Å². The highest BCUT2D eigenvalue weighted by Gasteiger charge is 2.04. The Morgan fingerprint density at radius 2 is 0.424 bits per heavy atom. The van der Waals surface area contributed by atoms with Crippen LogP contribution < -0.4 is 0 Å². The van der Waals surface area contributed by atoms with E-state index in [0.717, 1.165) is 5.02 Å². The van der Waals surface area contributed by atoms with E-state index in [9.17, 15) is 0 Å². The fourth-order valence-electron chi connectivity index (χ4n) is 8.76. The van der Waals surface area contributed by atoms with E-state index in [2.05, 4.69) is 384 Å². The SMILES string of the molecule is CC(C)c1ccc(C(C)C)cc1.CC(C)c1cccc(Br)c1.CC(C)c1cccc(Cl)c1.CC(C)c1ccccc1.Cc1ccc(C(C)C)cc1.Cc1ccc(C(C)C)cc1.Cc1ccc(C(C)C)cc1.Cc1ccc(C(C)C)cc1.Cc1ccc(C(C)C)cc1C. The molecule has 9 rings (SSSR count). The first-order valence-electron chi connectivity index (χ1n) is 34.2. The molecular weight excluding hydrogens is 1200 g/mol. The molecule has 0 unspecified atom stereocenters. The normalized spacial score (nSPS) is 10.5. The minimum Gasteiger partial charge on any atom is -0.0843 e. The monoisotopic (exact) mass is 1320 g/mol. The van der Waals surface area contributed by atoms with E-state index >= 15 is 0 Å². The Morgan fingerprint density at radius 3 is 0.641 bits per heavy atom. The van der Waals surface area contributed by atoms with E-state index in [1.807, 2.05) is 30.3 Å². The topological polar surface area (TPSA) is 0 Å². The molecule has 9 aromatic carbocycles. The first-order valence-corrected chi connectivity index (χ1v) is 35.4. The van der Waals surface area contributed by atoms with Gasteiger partial charge in [-0.15, -0.1) is 0 Å². The first kappa shape index (κ1) is 83.8. The molecular formula is C90H124BrCl. The molecule has 0 spiro atoms. The van der Waals surface area contributed by atoms with Crippen LogP contribution in [-0.4, -0.2) is 0 Å². The highest BCUT2D eigenvalue weighted by molar-refractivity contribution is 9.10. The second-order valence-corrected chi connectivity index (χ2v) is 29.1. The fourth-order valence-corrected chi connectivity index (χ4v) is 9.38. The van der Waals surface area contributed by atoms with Gasteiger partial charge >= 0.3 is 0 Å². The lowest BCUT2D eigenvalue weighted by Gasteiger charge is -2.08. The quantitative estimate of drug-likeness (QED) is 0.128. The second-order valence-electron chi connectivity index (χ2n) is 27.7. The third-order valence-electron chi connectivity index (χ3n) is 15.9. The molecule has 0 aliphatic rings. The molecule has 0 N–H and O–H groups in total. The van der Waals surface area contributed by atoms with Crippen LogP contribution in [0.3, 0.4) is 0 Å². The largest absolute Gasteiger partial charge is 0.0843 e. The van der Waals surface area contributed by atoms with Gasteiger partial charge in [0, 0.05) is 9.50 Å². The van der Waals surface area contributed by atoms with Crippen LogP contribution in [0.5, 0.6) is 0 Å². The number of halogens is 2. The standard InChI is InChI=1S/C12H18.C11H16.4C10H14.C9H11Br.C9H11Cl.C9H12/c1-9(2)11-5-7-12(8-6-11)10(3)4;1-8(2)11-6-5-9(3)10(4)7-11;4*1-8(2)10-6-4-9(3)5-7-10;2*1-7(2)8-4-3-5-9(10)6-8;1-8(2)9-6-4-3-5-7-9/h5-10H,1-4H3;5-8H,1-4H3;4*4-8H,1-3H3;2*3-7H,1-2H3;3-8H,1-2H3. The highest BCUT2D eigenvalue weighted by Crippen LogP contribution is 2.23. The van der Waals surface area contributed by atoms with Crippen LogP contribution in [0.15, 0.2) is 223 Å². The van der Waals surface area contributed by atoms with Crippen molar-refractivity contribution in [3.05, 3.63) is 317 Å². The summed E-state index contributed by atoms with van der Waals surface area (Å²) < 4.78 is 1.17. The van der Waals surface area contributed by atoms with E-state index < -0.39 is 0 Å². The molecule has 0 aliphatic heterocycles. The minimum absolute atomic E-state index is 0.568. The van der Waals surface area contributed by atoms with Crippen LogP contribution in [-0.2, 0) is 0 Å². The first-order chi connectivity index (χ1) is 43.2. The summed E-state index contributed by atoms with van der Waals surface area (Å²) in [4.78, 5) is 0. The molecule has 92 heavy (non-hydrogen) atoms. The Labute approximate surface area is 579 Å². The van der Waals surface area contributed by atoms with Crippen molar-refractivity contribution < 1.29 is 0 Å². The molecule has 0 fully saturated rings. The number of hydrogen-bond donors (Lipinski definition) is 0. The Kier molecular flexibility index (Phi) is 41.8. The lowest BCUT2D eigenvalue weighted by Crippen LogP contribution is -1.90. The molecule has 498 valence electrons. The molecule has 9 aromatic rings. The minimum atomic E-state index is 0.568. The average Bonchev–Trinajstić information content (AvgIpc) is 3.68. The number of benzene rings is 9. The van der Waals surface area contributed by atoms with Crippen molar-refractivity contribution in [2.75, 3.05) is 0 Å².